The first kappa shape index (κ1) is 25.3. The van der Waals surface area contributed by atoms with E-state index in [0.29, 0.717) is 44.8 Å². The molecule has 1 aliphatic carbocycles. The Hall–Kier alpha value is -2.82. The van der Waals surface area contributed by atoms with Crippen LogP contribution in [0.1, 0.15) is 45.6 Å². The Morgan fingerprint density at radius 3 is 2.51 bits per heavy atom. The van der Waals surface area contributed by atoms with Gasteiger partial charge in [0.25, 0.3) is 5.91 Å². The van der Waals surface area contributed by atoms with E-state index in [4.69, 9.17) is 4.74 Å². The quantitative estimate of drug-likeness (QED) is 0.622. The summed E-state index contributed by atoms with van der Waals surface area (Å²) in [6, 6.07) is 2.50. The van der Waals surface area contributed by atoms with E-state index in [2.05, 4.69) is 10.6 Å². The highest BCUT2D eigenvalue weighted by Crippen LogP contribution is 2.46. The van der Waals surface area contributed by atoms with E-state index in [-0.39, 0.29) is 17.0 Å². The molecule has 35 heavy (non-hydrogen) atoms. The van der Waals surface area contributed by atoms with Crippen LogP contribution in [0.4, 0.5) is 29.3 Å². The Balaban J connectivity index is 1.54. The fourth-order valence-corrected chi connectivity index (χ4v) is 5.88. The smallest absolute Gasteiger partial charge is 0.378 e. The van der Waals surface area contributed by atoms with E-state index in [1.165, 1.54) is 6.07 Å². The van der Waals surface area contributed by atoms with Gasteiger partial charge < -0.3 is 20.3 Å². The third-order valence-electron chi connectivity index (χ3n) is 6.88. The predicted octanol–water partition coefficient (Wildman–Crippen LogP) is 3.62. The molecule has 2 atom stereocenters. The van der Waals surface area contributed by atoms with Gasteiger partial charge in [-0.25, -0.2) is 4.79 Å². The van der Waals surface area contributed by atoms with Crippen molar-refractivity contribution in [3.8, 4) is 0 Å². The second-order valence-electron chi connectivity index (χ2n) is 10.6. The van der Waals surface area contributed by atoms with Crippen molar-refractivity contribution >= 4 is 29.2 Å². The van der Waals surface area contributed by atoms with Crippen LogP contribution in [0.15, 0.2) is 18.2 Å². The summed E-state index contributed by atoms with van der Waals surface area (Å²) < 4.78 is 45.4. The number of morpholine rings is 1. The van der Waals surface area contributed by atoms with Crippen LogP contribution in [0.5, 0.6) is 0 Å². The van der Waals surface area contributed by atoms with Gasteiger partial charge in [0.15, 0.2) is 0 Å². The van der Waals surface area contributed by atoms with Crippen molar-refractivity contribution in [2.45, 2.75) is 51.7 Å². The summed E-state index contributed by atoms with van der Waals surface area (Å²) in [4.78, 5) is 41.6. The Labute approximate surface area is 202 Å². The first-order valence-electron chi connectivity index (χ1n) is 11.8. The van der Waals surface area contributed by atoms with E-state index in [1.807, 2.05) is 25.7 Å². The lowest BCUT2D eigenvalue weighted by Gasteiger charge is -2.43. The largest absolute Gasteiger partial charge is 0.416 e. The molecule has 1 aromatic carbocycles. The van der Waals surface area contributed by atoms with Crippen LogP contribution in [-0.2, 0) is 20.5 Å². The zero-order chi connectivity index (χ0) is 25.6. The Morgan fingerprint density at radius 1 is 1.20 bits per heavy atom. The van der Waals surface area contributed by atoms with Gasteiger partial charge in [-0.3, -0.25) is 14.5 Å². The highest BCUT2D eigenvalue weighted by molar-refractivity contribution is 6.10. The number of nitrogens with zero attached hydrogens (tertiary/aromatic N) is 2. The summed E-state index contributed by atoms with van der Waals surface area (Å²) in [6.45, 7) is 7.26. The Kier molecular flexibility index (Phi) is 6.50. The SMILES string of the molecule is C[C@@H]1CC(C)(C)C[C@@]2(C1)NC(=O)N(CC(=O)Nc1cc(C(F)(F)F)ccc1N1CCOCC1)C2=O. The van der Waals surface area contributed by atoms with Crippen LogP contribution < -0.4 is 15.5 Å². The van der Waals surface area contributed by atoms with E-state index < -0.39 is 41.7 Å². The fourth-order valence-electron chi connectivity index (χ4n) is 5.88. The lowest BCUT2D eigenvalue weighted by molar-refractivity contribution is -0.137. The van der Waals surface area contributed by atoms with Gasteiger partial charge in [0.2, 0.25) is 5.91 Å². The molecule has 2 heterocycles. The number of anilines is 2. The Morgan fingerprint density at radius 2 is 1.89 bits per heavy atom. The van der Waals surface area contributed by atoms with Crippen LogP contribution in [0.2, 0.25) is 0 Å². The molecule has 8 nitrogen and oxygen atoms in total. The standard InChI is InChI=1S/C24H31F3N4O4/c1-15-11-22(2,3)14-23(12-15)20(33)31(21(34)29-23)13-19(32)28-17-10-16(24(25,26)27)4-5-18(17)30-6-8-35-9-7-30/h4-5,10,15H,6-9,11-14H2,1-3H3,(H,28,32)(H,29,34)/t15-,23-/m1/s1. The Bertz CT molecular complexity index is 1020. The molecule has 0 bridgehead atoms. The van der Waals surface area contributed by atoms with Gasteiger partial charge in [-0.15, -0.1) is 0 Å². The number of halogens is 3. The maximum atomic E-state index is 13.4. The highest BCUT2D eigenvalue weighted by Gasteiger charge is 2.56. The molecule has 4 amide bonds. The van der Waals surface area contributed by atoms with Crippen LogP contribution in [0.25, 0.3) is 0 Å². The van der Waals surface area contributed by atoms with Crippen molar-refractivity contribution in [3.05, 3.63) is 23.8 Å². The molecule has 2 saturated heterocycles. The first-order chi connectivity index (χ1) is 16.3. The molecule has 11 heteroatoms. The molecule has 2 aliphatic heterocycles. The topological polar surface area (TPSA) is 91.0 Å². The number of carbonyl (C=O) groups is 3. The van der Waals surface area contributed by atoms with Crippen LogP contribution in [0, 0.1) is 11.3 Å². The molecule has 0 aromatic heterocycles. The van der Waals surface area contributed by atoms with Gasteiger partial charge in [-0.2, -0.15) is 13.2 Å². The maximum absolute atomic E-state index is 13.4. The number of urea groups is 1. The summed E-state index contributed by atoms with van der Waals surface area (Å²) >= 11 is 0. The summed E-state index contributed by atoms with van der Waals surface area (Å²) in [5, 5.41) is 5.31. The number of carbonyl (C=O) groups excluding carboxylic acids is 3. The second kappa shape index (κ2) is 9.00. The van der Waals surface area contributed by atoms with Gasteiger partial charge in [-0.05, 0) is 48.8 Å². The molecule has 0 unspecified atom stereocenters. The minimum atomic E-state index is -4.59. The van der Waals surface area contributed by atoms with Crippen LogP contribution >= 0.6 is 0 Å². The van der Waals surface area contributed by atoms with Gasteiger partial charge in [0, 0.05) is 13.1 Å². The molecule has 1 aromatic rings. The van der Waals surface area contributed by atoms with E-state index in [0.717, 1.165) is 23.5 Å². The number of alkyl halides is 3. The van der Waals surface area contributed by atoms with E-state index in [9.17, 15) is 27.6 Å². The number of rotatable bonds is 4. The molecule has 3 fully saturated rings. The summed E-state index contributed by atoms with van der Waals surface area (Å²) in [7, 11) is 0. The molecule has 3 aliphatic rings. The minimum Gasteiger partial charge on any atom is -0.378 e. The number of nitrogens with one attached hydrogen (secondary N) is 2. The van der Waals surface area contributed by atoms with Crippen molar-refractivity contribution < 1.29 is 32.3 Å². The molecule has 0 radical (unpaired) electrons. The number of hydrogen-bond acceptors (Lipinski definition) is 5. The molecular formula is C24H31F3N4O4. The average Bonchev–Trinajstić information content (AvgIpc) is 2.95. The number of benzene rings is 1. The van der Waals surface area contributed by atoms with Crippen molar-refractivity contribution in [2.24, 2.45) is 11.3 Å². The highest BCUT2D eigenvalue weighted by atomic mass is 19.4. The van der Waals surface area contributed by atoms with Crippen molar-refractivity contribution in [3.63, 3.8) is 0 Å². The van der Waals surface area contributed by atoms with Crippen molar-refractivity contribution in [2.75, 3.05) is 43.1 Å². The third-order valence-corrected chi connectivity index (χ3v) is 6.88. The predicted molar refractivity (Wildman–Crippen MR) is 123 cm³/mol. The number of imide groups is 1. The van der Waals surface area contributed by atoms with Gasteiger partial charge >= 0.3 is 12.2 Å². The fraction of sp³-hybridized carbons (Fsp3) is 0.625. The molecule has 1 saturated carbocycles. The van der Waals surface area contributed by atoms with Crippen molar-refractivity contribution in [1.82, 2.24) is 10.2 Å². The first-order valence-corrected chi connectivity index (χ1v) is 11.8. The zero-order valence-electron chi connectivity index (χ0n) is 20.1. The molecular weight excluding hydrogens is 465 g/mol. The number of ether oxygens (including phenoxy) is 1. The summed E-state index contributed by atoms with van der Waals surface area (Å²) in [5.74, 6) is -1.00. The zero-order valence-corrected chi connectivity index (χ0v) is 20.1. The number of amides is 4. The molecule has 4 rings (SSSR count). The normalized spacial score (nSPS) is 26.7. The summed E-state index contributed by atoms with van der Waals surface area (Å²) in [5.41, 5.74) is -1.73. The monoisotopic (exact) mass is 496 g/mol. The average molecular weight is 497 g/mol. The van der Waals surface area contributed by atoms with E-state index >= 15 is 0 Å². The van der Waals surface area contributed by atoms with E-state index in [1.54, 1.807) is 0 Å². The summed E-state index contributed by atoms with van der Waals surface area (Å²) in [6.07, 6.45) is -2.74. The van der Waals surface area contributed by atoms with Crippen LogP contribution in [-0.4, -0.2) is 61.1 Å². The lowest BCUT2D eigenvalue weighted by Crippen LogP contribution is -2.54. The second-order valence-corrected chi connectivity index (χ2v) is 10.6. The lowest BCUT2D eigenvalue weighted by atomic mass is 9.64. The molecule has 2 N–H and O–H groups in total. The maximum Gasteiger partial charge on any atom is 0.416 e. The van der Waals surface area contributed by atoms with Gasteiger partial charge in [-0.1, -0.05) is 20.8 Å². The molecule has 192 valence electrons. The van der Waals surface area contributed by atoms with Gasteiger partial charge in [0.1, 0.15) is 12.1 Å². The van der Waals surface area contributed by atoms with Crippen molar-refractivity contribution in [1.29, 1.82) is 0 Å². The van der Waals surface area contributed by atoms with Gasteiger partial charge in [0.05, 0.1) is 30.2 Å². The minimum absolute atomic E-state index is 0.0269. The number of hydrogen-bond donors (Lipinski definition) is 2. The molecule has 1 spiro atoms. The third kappa shape index (κ3) is 5.24. The van der Waals surface area contributed by atoms with Crippen LogP contribution in [0.3, 0.4) is 0 Å².